The molecule has 0 aliphatic heterocycles. The normalized spacial score (nSPS) is 15.1. The summed E-state index contributed by atoms with van der Waals surface area (Å²) in [6, 6.07) is 10.2. The van der Waals surface area contributed by atoms with E-state index in [1.165, 1.54) is 12.8 Å². The van der Waals surface area contributed by atoms with Gasteiger partial charge in [-0.2, -0.15) is 0 Å². The predicted octanol–water partition coefficient (Wildman–Crippen LogP) is 3.80. The molecule has 29 heavy (non-hydrogen) atoms. The fourth-order valence-corrected chi connectivity index (χ4v) is 3.72. The lowest BCUT2D eigenvalue weighted by Crippen LogP contribution is -2.36. The Balaban J connectivity index is 1.87. The van der Waals surface area contributed by atoms with Crippen LogP contribution in [0.25, 0.3) is 11.3 Å². The van der Waals surface area contributed by atoms with Gasteiger partial charge >= 0.3 is 0 Å². The Morgan fingerprint density at radius 2 is 1.90 bits per heavy atom. The molecule has 1 aliphatic carbocycles. The number of anilines is 1. The van der Waals surface area contributed by atoms with E-state index in [-0.39, 0.29) is 0 Å². The highest BCUT2D eigenvalue weighted by Crippen LogP contribution is 2.35. The van der Waals surface area contributed by atoms with Gasteiger partial charge < -0.3 is 19.3 Å². The molecular formula is C23H35N3O3. The zero-order valence-corrected chi connectivity index (χ0v) is 18.0. The summed E-state index contributed by atoms with van der Waals surface area (Å²) in [5.74, 6) is 1.57. The quantitative estimate of drug-likeness (QED) is 0.551. The van der Waals surface area contributed by atoms with E-state index < -0.39 is 6.10 Å². The van der Waals surface area contributed by atoms with E-state index in [4.69, 9.17) is 9.26 Å². The maximum absolute atomic E-state index is 10.5. The molecule has 0 bridgehead atoms. The molecule has 0 saturated heterocycles. The molecule has 1 aliphatic rings. The van der Waals surface area contributed by atoms with Gasteiger partial charge in [-0.25, -0.2) is 0 Å². The molecule has 0 amide bonds. The van der Waals surface area contributed by atoms with Crippen LogP contribution in [0.2, 0.25) is 0 Å². The zero-order chi connectivity index (χ0) is 20.6. The van der Waals surface area contributed by atoms with E-state index in [0.717, 1.165) is 48.3 Å². The first-order valence-electron chi connectivity index (χ1n) is 10.9. The minimum atomic E-state index is -0.495. The van der Waals surface area contributed by atoms with Gasteiger partial charge in [-0.15, -0.1) is 0 Å². The van der Waals surface area contributed by atoms with E-state index in [0.29, 0.717) is 26.3 Å². The first-order valence-corrected chi connectivity index (χ1v) is 10.9. The van der Waals surface area contributed by atoms with Crippen LogP contribution in [-0.2, 0) is 11.3 Å². The number of aliphatic hydroxyl groups excluding tert-OH is 1. The second kappa shape index (κ2) is 10.8. The summed E-state index contributed by atoms with van der Waals surface area (Å²) < 4.78 is 11.3. The molecule has 0 unspecified atom stereocenters. The van der Waals surface area contributed by atoms with Crippen molar-refractivity contribution in [1.82, 2.24) is 10.1 Å². The predicted molar refractivity (Wildman–Crippen MR) is 116 cm³/mol. The number of nitrogens with zero attached hydrogens (tertiary/aromatic N) is 3. The molecule has 0 spiro atoms. The molecule has 1 fully saturated rings. The van der Waals surface area contributed by atoms with Crippen molar-refractivity contribution < 1.29 is 14.4 Å². The van der Waals surface area contributed by atoms with Gasteiger partial charge in [0.25, 0.3) is 0 Å². The number of benzene rings is 1. The van der Waals surface area contributed by atoms with Crippen molar-refractivity contribution in [1.29, 1.82) is 0 Å². The third kappa shape index (κ3) is 6.04. The molecule has 3 rings (SSSR count). The summed E-state index contributed by atoms with van der Waals surface area (Å²) >= 11 is 0. The monoisotopic (exact) mass is 401 g/mol. The molecule has 0 radical (unpaired) electrons. The third-order valence-electron chi connectivity index (χ3n) is 5.44. The maximum Gasteiger partial charge on any atom is 0.232 e. The van der Waals surface area contributed by atoms with Crippen molar-refractivity contribution >= 4 is 5.88 Å². The van der Waals surface area contributed by atoms with Crippen LogP contribution in [0.5, 0.6) is 0 Å². The Morgan fingerprint density at radius 1 is 1.17 bits per heavy atom. The third-order valence-corrected chi connectivity index (χ3v) is 5.44. The number of hydrogen-bond donors (Lipinski definition) is 1. The van der Waals surface area contributed by atoms with E-state index >= 15 is 0 Å². The Bertz CT molecular complexity index is 726. The Morgan fingerprint density at radius 3 is 2.52 bits per heavy atom. The molecule has 1 heterocycles. The Labute approximate surface area is 174 Å². The molecule has 2 aromatic rings. The summed E-state index contributed by atoms with van der Waals surface area (Å²) in [7, 11) is 0. The van der Waals surface area contributed by atoms with Crippen LogP contribution in [-0.4, -0.2) is 60.7 Å². The van der Waals surface area contributed by atoms with Gasteiger partial charge in [0, 0.05) is 44.9 Å². The van der Waals surface area contributed by atoms with Crippen molar-refractivity contribution in [3.8, 4) is 11.3 Å². The SMILES string of the molecule is CCOC[C@@H](O)CN(Cc1c(-c2ccccc2)noc1N(CC)CC)CC1CC1. The smallest absolute Gasteiger partial charge is 0.232 e. The minimum Gasteiger partial charge on any atom is -0.389 e. The molecular weight excluding hydrogens is 366 g/mol. The summed E-state index contributed by atoms with van der Waals surface area (Å²) in [5.41, 5.74) is 3.06. The number of hydrogen-bond acceptors (Lipinski definition) is 6. The fraction of sp³-hybridized carbons (Fsp3) is 0.609. The van der Waals surface area contributed by atoms with E-state index in [1.54, 1.807) is 0 Å². The summed E-state index contributed by atoms with van der Waals surface area (Å²) in [6.45, 7) is 11.2. The van der Waals surface area contributed by atoms with E-state index in [1.807, 2.05) is 25.1 Å². The average molecular weight is 402 g/mol. The van der Waals surface area contributed by atoms with Gasteiger partial charge in [0.2, 0.25) is 5.88 Å². The average Bonchev–Trinajstić information content (AvgIpc) is 3.46. The molecule has 1 aromatic carbocycles. The molecule has 1 aromatic heterocycles. The lowest BCUT2D eigenvalue weighted by molar-refractivity contribution is 0.0187. The van der Waals surface area contributed by atoms with Gasteiger partial charge in [-0.05, 0) is 39.5 Å². The summed E-state index contributed by atoms with van der Waals surface area (Å²) in [4.78, 5) is 4.55. The van der Waals surface area contributed by atoms with Crippen molar-refractivity contribution in [2.45, 2.75) is 46.3 Å². The Kier molecular flexibility index (Phi) is 8.09. The van der Waals surface area contributed by atoms with Crippen molar-refractivity contribution in [2.24, 2.45) is 5.92 Å². The molecule has 6 nitrogen and oxygen atoms in total. The molecule has 1 saturated carbocycles. The zero-order valence-electron chi connectivity index (χ0n) is 18.0. The molecule has 1 atom stereocenters. The Hall–Kier alpha value is -1.89. The molecule has 1 N–H and O–H groups in total. The van der Waals surface area contributed by atoms with Crippen LogP contribution < -0.4 is 4.90 Å². The van der Waals surface area contributed by atoms with E-state index in [2.05, 4.69) is 40.9 Å². The largest absolute Gasteiger partial charge is 0.389 e. The standard InChI is InChI=1S/C23H35N3O3/c1-4-26(5-2)23-21(22(24-29-23)19-10-8-7-9-11-19)16-25(14-18-12-13-18)15-20(27)17-28-6-3/h7-11,18,20,27H,4-6,12-17H2,1-3H3/t20-/m0/s1. The second-order valence-electron chi connectivity index (χ2n) is 7.80. The number of aliphatic hydroxyl groups is 1. The topological polar surface area (TPSA) is 62.0 Å². The summed E-state index contributed by atoms with van der Waals surface area (Å²) in [6.07, 6.45) is 2.05. The fourth-order valence-electron chi connectivity index (χ4n) is 3.72. The highest BCUT2D eigenvalue weighted by atomic mass is 16.5. The van der Waals surface area contributed by atoms with Crippen molar-refractivity contribution in [3.63, 3.8) is 0 Å². The number of ether oxygens (including phenoxy) is 1. The van der Waals surface area contributed by atoms with Crippen LogP contribution in [0.4, 0.5) is 5.88 Å². The van der Waals surface area contributed by atoms with Crippen molar-refractivity contribution in [2.75, 3.05) is 44.3 Å². The van der Waals surface area contributed by atoms with Gasteiger partial charge in [0.05, 0.1) is 18.3 Å². The van der Waals surface area contributed by atoms with Crippen LogP contribution in [0.1, 0.15) is 39.2 Å². The van der Waals surface area contributed by atoms with Crippen LogP contribution >= 0.6 is 0 Å². The van der Waals surface area contributed by atoms with Gasteiger partial charge in [0.1, 0.15) is 5.69 Å². The number of rotatable bonds is 13. The van der Waals surface area contributed by atoms with Gasteiger partial charge in [-0.3, -0.25) is 4.90 Å². The van der Waals surface area contributed by atoms with E-state index in [9.17, 15) is 5.11 Å². The first-order chi connectivity index (χ1) is 14.2. The minimum absolute atomic E-state index is 0.371. The maximum atomic E-state index is 10.5. The summed E-state index contributed by atoms with van der Waals surface area (Å²) in [5, 5.41) is 14.9. The molecule has 160 valence electrons. The second-order valence-corrected chi connectivity index (χ2v) is 7.80. The molecule has 6 heteroatoms. The number of aromatic nitrogens is 1. The van der Waals surface area contributed by atoms with Crippen molar-refractivity contribution in [3.05, 3.63) is 35.9 Å². The lowest BCUT2D eigenvalue weighted by Gasteiger charge is -2.26. The van der Waals surface area contributed by atoms with Gasteiger partial charge in [-0.1, -0.05) is 35.5 Å². The van der Waals surface area contributed by atoms with Crippen LogP contribution in [0.15, 0.2) is 34.9 Å². The first kappa shape index (κ1) is 21.8. The highest BCUT2D eigenvalue weighted by molar-refractivity contribution is 5.68. The lowest BCUT2D eigenvalue weighted by atomic mass is 10.1. The van der Waals surface area contributed by atoms with Gasteiger partial charge in [0.15, 0.2) is 0 Å². The van der Waals surface area contributed by atoms with Crippen LogP contribution in [0.3, 0.4) is 0 Å². The highest BCUT2D eigenvalue weighted by Gasteiger charge is 2.29. The van der Waals surface area contributed by atoms with Crippen LogP contribution in [0, 0.1) is 5.92 Å².